The number of ether oxygens (including phenoxy) is 1. The number of nitrogens with one attached hydrogen (secondary N) is 1. The molecule has 7 nitrogen and oxygen atoms in total. The summed E-state index contributed by atoms with van der Waals surface area (Å²) >= 11 is 0. The van der Waals surface area contributed by atoms with Gasteiger partial charge in [0.15, 0.2) is 5.82 Å². The molecule has 0 radical (unpaired) electrons. The van der Waals surface area contributed by atoms with Crippen LogP contribution < -0.4 is 10.1 Å². The first-order chi connectivity index (χ1) is 15.8. The van der Waals surface area contributed by atoms with E-state index >= 15 is 0 Å². The number of methoxy groups -OCH3 is 1. The molecule has 170 valence electrons. The molecule has 1 unspecified atom stereocenters. The Kier molecular flexibility index (Phi) is 5.10. The molecule has 0 fully saturated rings. The van der Waals surface area contributed by atoms with Gasteiger partial charge in [-0.05, 0) is 37.1 Å². The Bertz CT molecular complexity index is 1340. The van der Waals surface area contributed by atoms with Gasteiger partial charge < -0.3 is 10.1 Å². The van der Waals surface area contributed by atoms with Gasteiger partial charge in [-0.3, -0.25) is 4.68 Å². The maximum absolute atomic E-state index is 14.4. The Morgan fingerprint density at radius 3 is 2.67 bits per heavy atom. The molecule has 0 saturated heterocycles. The van der Waals surface area contributed by atoms with Gasteiger partial charge in [0.05, 0.1) is 30.7 Å². The first-order valence-corrected chi connectivity index (χ1v) is 10.2. The van der Waals surface area contributed by atoms with Crippen LogP contribution in [0.1, 0.15) is 30.3 Å². The van der Waals surface area contributed by atoms with E-state index in [4.69, 9.17) is 4.74 Å². The second-order valence-electron chi connectivity index (χ2n) is 7.64. The second-order valence-corrected chi connectivity index (χ2v) is 7.64. The zero-order valence-corrected chi connectivity index (χ0v) is 17.4. The second kappa shape index (κ2) is 7.98. The average Bonchev–Trinajstić information content (AvgIpc) is 3.23. The predicted octanol–water partition coefficient (Wildman–Crippen LogP) is 5.00. The van der Waals surface area contributed by atoms with E-state index in [9.17, 15) is 17.6 Å². The van der Waals surface area contributed by atoms with Gasteiger partial charge in [0.25, 0.3) is 0 Å². The van der Waals surface area contributed by atoms with Crippen molar-refractivity contribution < 1.29 is 22.3 Å². The van der Waals surface area contributed by atoms with Crippen molar-refractivity contribution in [2.45, 2.75) is 31.6 Å². The van der Waals surface area contributed by atoms with Gasteiger partial charge in [0, 0.05) is 35.3 Å². The van der Waals surface area contributed by atoms with E-state index in [-0.39, 0.29) is 17.3 Å². The topological polar surface area (TPSA) is 77.8 Å². The lowest BCUT2D eigenvalue weighted by atomic mass is 10.0. The van der Waals surface area contributed by atoms with E-state index in [1.54, 1.807) is 36.3 Å². The highest BCUT2D eigenvalue weighted by Crippen LogP contribution is 2.36. The molecule has 1 atom stereocenters. The van der Waals surface area contributed by atoms with Crippen LogP contribution >= 0.6 is 0 Å². The van der Waals surface area contributed by atoms with Crippen molar-refractivity contribution in [3.63, 3.8) is 0 Å². The summed E-state index contributed by atoms with van der Waals surface area (Å²) in [6.07, 6.45) is 0.703. The first-order valence-electron chi connectivity index (χ1n) is 10.2. The van der Waals surface area contributed by atoms with Crippen LogP contribution in [0.2, 0.25) is 0 Å². The largest absolute Gasteiger partial charge is 0.481 e. The molecule has 0 aromatic carbocycles. The van der Waals surface area contributed by atoms with Gasteiger partial charge in [-0.25, -0.2) is 19.3 Å². The van der Waals surface area contributed by atoms with Crippen LogP contribution in [-0.4, -0.2) is 31.8 Å². The number of aromatic nitrogens is 5. The first kappa shape index (κ1) is 21.1. The zero-order chi connectivity index (χ0) is 23.2. The third-order valence-corrected chi connectivity index (χ3v) is 5.61. The van der Waals surface area contributed by atoms with Crippen LogP contribution in [-0.2, 0) is 12.7 Å². The highest BCUT2D eigenvalue weighted by atomic mass is 19.4. The third-order valence-electron chi connectivity index (χ3n) is 5.61. The molecular weight excluding hydrogens is 440 g/mol. The van der Waals surface area contributed by atoms with Crippen molar-refractivity contribution in [3.05, 3.63) is 60.1 Å². The van der Waals surface area contributed by atoms with Crippen LogP contribution in [0.25, 0.3) is 22.0 Å². The predicted molar refractivity (Wildman–Crippen MR) is 112 cm³/mol. The maximum atomic E-state index is 14.4. The van der Waals surface area contributed by atoms with Gasteiger partial charge >= 0.3 is 6.18 Å². The maximum Gasteiger partial charge on any atom is 0.433 e. The van der Waals surface area contributed by atoms with E-state index in [2.05, 4.69) is 25.4 Å². The molecule has 4 aromatic heterocycles. The lowest BCUT2D eigenvalue weighted by Gasteiger charge is -2.25. The lowest BCUT2D eigenvalue weighted by Crippen LogP contribution is -2.22. The molecule has 0 aliphatic carbocycles. The molecule has 0 amide bonds. The smallest absolute Gasteiger partial charge is 0.433 e. The monoisotopic (exact) mass is 458 g/mol. The van der Waals surface area contributed by atoms with Crippen LogP contribution in [0.5, 0.6) is 5.88 Å². The summed E-state index contributed by atoms with van der Waals surface area (Å²) in [5.41, 5.74) is -0.541. The average molecular weight is 458 g/mol. The molecule has 1 aliphatic rings. The minimum Gasteiger partial charge on any atom is -0.481 e. The number of rotatable bonds is 4. The minimum atomic E-state index is -4.68. The van der Waals surface area contributed by atoms with E-state index < -0.39 is 17.7 Å². The molecule has 33 heavy (non-hydrogen) atoms. The van der Waals surface area contributed by atoms with E-state index in [1.165, 1.54) is 0 Å². The Morgan fingerprint density at radius 1 is 1.09 bits per heavy atom. The Labute approximate surface area is 185 Å². The van der Waals surface area contributed by atoms with Crippen molar-refractivity contribution in [2.24, 2.45) is 0 Å². The minimum absolute atomic E-state index is 0.126. The van der Waals surface area contributed by atoms with E-state index in [0.29, 0.717) is 30.5 Å². The fraction of sp³-hybridized carbons (Fsp3) is 0.273. The number of fused-ring (bicyclic) bond motifs is 2. The summed E-state index contributed by atoms with van der Waals surface area (Å²) in [6.45, 7) is 0.576. The molecule has 5 rings (SSSR count). The van der Waals surface area contributed by atoms with Crippen LogP contribution in [0.4, 0.5) is 23.4 Å². The normalized spacial score (nSPS) is 16.0. The standard InChI is InChI=1S/C22H18F4N6O/c1-33-21-13-5-6-27-20(12(13)4-7-28-21)30-16-3-2-8-32-18(16)10-17(31-32)14-9-19(22(24,25)26)29-11-15(14)23/h4-7,9-11,16H,2-3,8H2,1H3,(H,27,30). The summed E-state index contributed by atoms with van der Waals surface area (Å²) in [4.78, 5) is 11.8. The number of alkyl halides is 3. The number of pyridine rings is 3. The SMILES string of the molecule is COc1nccc2c(NC3CCCn4nc(-c5cc(C(F)(F)F)ncc5F)cc43)nccc12. The lowest BCUT2D eigenvalue weighted by molar-refractivity contribution is -0.141. The number of aryl methyl sites for hydroxylation is 1. The van der Waals surface area contributed by atoms with Crippen LogP contribution in [0.15, 0.2) is 42.9 Å². The van der Waals surface area contributed by atoms with Gasteiger partial charge in [-0.2, -0.15) is 18.3 Å². The van der Waals surface area contributed by atoms with Crippen molar-refractivity contribution >= 4 is 16.6 Å². The Hall–Kier alpha value is -3.76. The van der Waals surface area contributed by atoms with Gasteiger partial charge in [-0.1, -0.05) is 0 Å². The van der Waals surface area contributed by atoms with Crippen molar-refractivity contribution in [1.82, 2.24) is 24.7 Å². The number of halogens is 4. The summed E-state index contributed by atoms with van der Waals surface area (Å²) in [7, 11) is 1.54. The quantitative estimate of drug-likeness (QED) is 0.434. The Balaban J connectivity index is 1.52. The molecular formula is C22H18F4N6O. The summed E-state index contributed by atoms with van der Waals surface area (Å²) in [6, 6.07) is 5.72. The van der Waals surface area contributed by atoms with Gasteiger partial charge in [0.2, 0.25) is 5.88 Å². The van der Waals surface area contributed by atoms with Crippen molar-refractivity contribution in [2.75, 3.05) is 12.4 Å². The van der Waals surface area contributed by atoms with Crippen molar-refractivity contribution in [1.29, 1.82) is 0 Å². The number of anilines is 1. The third kappa shape index (κ3) is 3.83. The fourth-order valence-corrected chi connectivity index (χ4v) is 4.07. The Morgan fingerprint density at radius 2 is 1.88 bits per heavy atom. The summed E-state index contributed by atoms with van der Waals surface area (Å²) in [5, 5.41) is 9.39. The summed E-state index contributed by atoms with van der Waals surface area (Å²) in [5.74, 6) is 0.227. The highest BCUT2D eigenvalue weighted by Gasteiger charge is 2.34. The molecule has 11 heteroatoms. The highest BCUT2D eigenvalue weighted by molar-refractivity contribution is 5.94. The van der Waals surface area contributed by atoms with Crippen LogP contribution in [0, 0.1) is 5.82 Å². The molecule has 0 bridgehead atoms. The number of nitrogens with zero attached hydrogens (tertiary/aromatic N) is 5. The van der Waals surface area contributed by atoms with E-state index in [1.807, 2.05) is 6.07 Å². The molecule has 4 aromatic rings. The van der Waals surface area contributed by atoms with Gasteiger partial charge in [0.1, 0.15) is 11.5 Å². The molecule has 1 aliphatic heterocycles. The molecule has 0 spiro atoms. The van der Waals surface area contributed by atoms with E-state index in [0.717, 1.165) is 29.3 Å². The van der Waals surface area contributed by atoms with Gasteiger partial charge in [-0.15, -0.1) is 0 Å². The number of hydrogen-bond donors (Lipinski definition) is 1. The summed E-state index contributed by atoms with van der Waals surface area (Å²) < 4.78 is 60.7. The van der Waals surface area contributed by atoms with Crippen LogP contribution in [0.3, 0.4) is 0 Å². The fourth-order valence-electron chi connectivity index (χ4n) is 4.07. The molecule has 0 saturated carbocycles. The molecule has 5 heterocycles. The number of hydrogen-bond acceptors (Lipinski definition) is 6. The molecule has 1 N–H and O–H groups in total. The van der Waals surface area contributed by atoms with Crippen molar-refractivity contribution in [3.8, 4) is 17.1 Å². The zero-order valence-electron chi connectivity index (χ0n) is 17.4.